The van der Waals surface area contributed by atoms with Crippen molar-refractivity contribution in [3.05, 3.63) is 44.3 Å². The van der Waals surface area contributed by atoms with Crippen LogP contribution in [0.2, 0.25) is 5.02 Å². The van der Waals surface area contributed by atoms with Crippen molar-refractivity contribution >= 4 is 21.4 Å². The molecular weight excluding hydrogens is 394 g/mol. The second-order valence-corrected chi connectivity index (χ2v) is 8.68. The van der Waals surface area contributed by atoms with Crippen LogP contribution in [-0.4, -0.2) is 50.3 Å². The molecule has 0 aliphatic carbocycles. The van der Waals surface area contributed by atoms with E-state index in [1.54, 1.807) is 13.2 Å². The monoisotopic (exact) mass is 413 g/mol. The second-order valence-electron chi connectivity index (χ2n) is 6.34. The largest absolute Gasteiger partial charge is 0.493 e. The molecule has 0 atom stereocenters. The first kappa shape index (κ1) is 19.7. The summed E-state index contributed by atoms with van der Waals surface area (Å²) in [6.45, 7) is 1.55. The molecule has 1 aliphatic rings. The van der Waals surface area contributed by atoms with Gasteiger partial charge in [-0.15, -0.1) is 0 Å². The first-order chi connectivity index (χ1) is 12.7. The lowest BCUT2D eigenvalue weighted by Crippen LogP contribution is -2.36. The van der Waals surface area contributed by atoms with E-state index < -0.39 is 15.4 Å². The first-order valence-corrected chi connectivity index (χ1v) is 10.4. The number of fused-ring (bicyclic) bond motifs is 1. The molecule has 0 spiro atoms. The number of hydrogen-bond acceptors (Lipinski definition) is 7. The van der Waals surface area contributed by atoms with Gasteiger partial charge in [0.15, 0.2) is 11.5 Å². The van der Waals surface area contributed by atoms with Gasteiger partial charge in [0.2, 0.25) is 15.0 Å². The molecule has 1 N–H and O–H groups in total. The van der Waals surface area contributed by atoms with Crippen molar-refractivity contribution in [2.45, 2.75) is 24.7 Å². The number of nitrogens with zero attached hydrogens (tertiary/aromatic N) is 2. The zero-order valence-corrected chi connectivity index (χ0v) is 16.8. The van der Waals surface area contributed by atoms with Gasteiger partial charge < -0.3 is 9.47 Å². The van der Waals surface area contributed by atoms with Crippen LogP contribution < -0.4 is 15.0 Å². The number of hydrogen-bond donors (Lipinski definition) is 1. The molecule has 0 saturated carbocycles. The van der Waals surface area contributed by atoms with Gasteiger partial charge in [0.1, 0.15) is 0 Å². The quantitative estimate of drug-likeness (QED) is 0.739. The first-order valence-electron chi connectivity index (χ1n) is 8.17. The fourth-order valence-electron chi connectivity index (χ4n) is 3.09. The van der Waals surface area contributed by atoms with Crippen LogP contribution in [0.1, 0.15) is 16.8 Å². The molecule has 8 nitrogen and oxygen atoms in total. The van der Waals surface area contributed by atoms with Crippen LogP contribution in [0.25, 0.3) is 0 Å². The minimum atomic E-state index is -3.56. The SMILES string of the molecule is COc1cc(CN2CCc3nc(S(C)(=O)=O)[nH]c(=O)c3C2)cc(Cl)c1OC. The van der Waals surface area contributed by atoms with E-state index in [1.807, 2.05) is 6.07 Å². The summed E-state index contributed by atoms with van der Waals surface area (Å²) in [6, 6.07) is 3.64. The number of aromatic nitrogens is 2. The fourth-order valence-corrected chi connectivity index (χ4v) is 3.95. The molecule has 0 radical (unpaired) electrons. The molecule has 0 saturated heterocycles. The highest BCUT2D eigenvalue weighted by Crippen LogP contribution is 2.36. The van der Waals surface area contributed by atoms with E-state index in [-0.39, 0.29) is 5.16 Å². The van der Waals surface area contributed by atoms with Gasteiger partial charge in [0, 0.05) is 32.3 Å². The predicted octanol–water partition coefficient (Wildman–Crippen LogP) is 1.40. The summed E-state index contributed by atoms with van der Waals surface area (Å²) in [4.78, 5) is 20.9. The molecule has 2 aromatic rings. The highest BCUT2D eigenvalue weighted by molar-refractivity contribution is 7.90. The van der Waals surface area contributed by atoms with E-state index in [0.29, 0.717) is 53.8 Å². The van der Waals surface area contributed by atoms with E-state index in [9.17, 15) is 13.2 Å². The van der Waals surface area contributed by atoms with Crippen LogP contribution in [0.3, 0.4) is 0 Å². The molecule has 146 valence electrons. The lowest BCUT2D eigenvalue weighted by Gasteiger charge is -2.28. The summed E-state index contributed by atoms with van der Waals surface area (Å²) < 4.78 is 33.8. The van der Waals surface area contributed by atoms with Crippen molar-refractivity contribution in [1.29, 1.82) is 0 Å². The van der Waals surface area contributed by atoms with Gasteiger partial charge in [-0.05, 0) is 17.7 Å². The molecule has 1 aromatic heterocycles. The number of benzene rings is 1. The Labute approximate surface area is 162 Å². The van der Waals surface area contributed by atoms with Crippen LogP contribution in [0.4, 0.5) is 0 Å². The molecular formula is C17H20ClN3O5S. The van der Waals surface area contributed by atoms with E-state index in [4.69, 9.17) is 21.1 Å². The Morgan fingerprint density at radius 3 is 2.67 bits per heavy atom. The average molecular weight is 414 g/mol. The van der Waals surface area contributed by atoms with Crippen LogP contribution in [0.5, 0.6) is 11.5 Å². The number of halogens is 1. The van der Waals surface area contributed by atoms with Gasteiger partial charge in [-0.25, -0.2) is 13.4 Å². The van der Waals surface area contributed by atoms with Gasteiger partial charge in [0.05, 0.1) is 30.5 Å². The summed E-state index contributed by atoms with van der Waals surface area (Å²) in [5.74, 6) is 1.01. The Morgan fingerprint density at radius 2 is 2.04 bits per heavy atom. The molecule has 0 bridgehead atoms. The molecule has 10 heteroatoms. The minimum absolute atomic E-state index is 0.286. The smallest absolute Gasteiger partial charge is 0.256 e. The van der Waals surface area contributed by atoms with Gasteiger partial charge in [-0.3, -0.25) is 14.7 Å². The van der Waals surface area contributed by atoms with Crippen LogP contribution >= 0.6 is 11.6 Å². The van der Waals surface area contributed by atoms with Crippen molar-refractivity contribution in [3.63, 3.8) is 0 Å². The van der Waals surface area contributed by atoms with E-state index >= 15 is 0 Å². The number of nitrogens with one attached hydrogen (secondary N) is 1. The topological polar surface area (TPSA) is 102 Å². The number of aromatic amines is 1. The maximum atomic E-state index is 12.3. The van der Waals surface area contributed by atoms with Crippen LogP contribution in [0, 0.1) is 0 Å². The molecule has 0 unspecified atom stereocenters. The third-order valence-corrected chi connectivity index (χ3v) is 5.55. The van der Waals surface area contributed by atoms with E-state index in [2.05, 4.69) is 14.9 Å². The Morgan fingerprint density at radius 1 is 1.30 bits per heavy atom. The standard InChI is InChI=1S/C17H20ClN3O5S/c1-25-14-7-10(6-12(18)15(14)26-2)8-21-5-4-13-11(9-21)16(22)20-17(19-13)27(3,23)24/h6-7H,4-5,8-9H2,1-3H3,(H,19,20,22). The van der Waals surface area contributed by atoms with Crippen LogP contribution in [-0.2, 0) is 29.3 Å². The lowest BCUT2D eigenvalue weighted by molar-refractivity contribution is 0.240. The average Bonchev–Trinajstić information content (AvgIpc) is 2.60. The van der Waals surface area contributed by atoms with Gasteiger partial charge >= 0.3 is 0 Å². The molecule has 1 aromatic carbocycles. The zero-order chi connectivity index (χ0) is 19.8. The highest BCUT2D eigenvalue weighted by atomic mass is 35.5. The zero-order valence-electron chi connectivity index (χ0n) is 15.2. The van der Waals surface area contributed by atoms with Crippen LogP contribution in [0.15, 0.2) is 22.1 Å². The number of sulfone groups is 1. The normalized spacial score (nSPS) is 14.7. The van der Waals surface area contributed by atoms with Crippen molar-refractivity contribution in [2.24, 2.45) is 0 Å². The van der Waals surface area contributed by atoms with Crippen molar-refractivity contribution in [1.82, 2.24) is 14.9 Å². The third kappa shape index (κ3) is 4.10. The maximum absolute atomic E-state index is 12.3. The van der Waals surface area contributed by atoms with Crippen molar-refractivity contribution in [3.8, 4) is 11.5 Å². The Hall–Kier alpha value is -2.10. The summed E-state index contributed by atoms with van der Waals surface area (Å²) in [5.41, 5.74) is 1.51. The summed E-state index contributed by atoms with van der Waals surface area (Å²) in [7, 11) is -0.496. The minimum Gasteiger partial charge on any atom is -0.493 e. The summed E-state index contributed by atoms with van der Waals surface area (Å²) in [5, 5.41) is 0.160. The third-order valence-electron chi connectivity index (χ3n) is 4.38. The van der Waals surface area contributed by atoms with Crippen molar-refractivity contribution in [2.75, 3.05) is 27.0 Å². The molecule has 2 heterocycles. The highest BCUT2D eigenvalue weighted by Gasteiger charge is 2.24. The molecule has 1 aliphatic heterocycles. The number of methoxy groups -OCH3 is 2. The fraction of sp³-hybridized carbons (Fsp3) is 0.412. The predicted molar refractivity (Wildman–Crippen MR) is 100 cm³/mol. The maximum Gasteiger partial charge on any atom is 0.256 e. The van der Waals surface area contributed by atoms with Gasteiger partial charge in [-0.2, -0.15) is 0 Å². The molecule has 27 heavy (non-hydrogen) atoms. The summed E-state index contributed by atoms with van der Waals surface area (Å²) >= 11 is 6.25. The van der Waals surface area contributed by atoms with E-state index in [1.165, 1.54) is 7.11 Å². The molecule has 0 amide bonds. The lowest BCUT2D eigenvalue weighted by atomic mass is 10.1. The summed E-state index contributed by atoms with van der Waals surface area (Å²) in [6.07, 6.45) is 1.51. The second kappa shape index (κ2) is 7.49. The van der Waals surface area contributed by atoms with Crippen molar-refractivity contribution < 1.29 is 17.9 Å². The molecule has 3 rings (SSSR count). The van der Waals surface area contributed by atoms with E-state index in [0.717, 1.165) is 11.8 Å². The van der Waals surface area contributed by atoms with Gasteiger partial charge in [0.25, 0.3) is 5.56 Å². The Bertz CT molecular complexity index is 1040. The van der Waals surface area contributed by atoms with Gasteiger partial charge in [-0.1, -0.05) is 11.6 Å². The Kier molecular flexibility index (Phi) is 5.45. The number of ether oxygens (including phenoxy) is 2. The Balaban J connectivity index is 1.85. The number of H-pyrrole nitrogens is 1. The number of rotatable bonds is 5. The molecule has 0 fully saturated rings.